The lowest BCUT2D eigenvalue weighted by molar-refractivity contribution is 1.15. The zero-order chi connectivity index (χ0) is 20.2. The maximum atomic E-state index is 2.37. The second-order valence-corrected chi connectivity index (χ2v) is 8.37. The first-order valence-corrected chi connectivity index (χ1v) is 11.0. The highest BCUT2D eigenvalue weighted by molar-refractivity contribution is 6.25. The van der Waals surface area contributed by atoms with Crippen LogP contribution in [0.4, 0.5) is 0 Å². The van der Waals surface area contributed by atoms with Crippen molar-refractivity contribution in [1.82, 2.24) is 0 Å². The summed E-state index contributed by atoms with van der Waals surface area (Å²) in [6, 6.07) is 32.2. The van der Waals surface area contributed by atoms with Crippen molar-refractivity contribution in [3.63, 3.8) is 0 Å². The van der Waals surface area contributed by atoms with E-state index in [0.717, 1.165) is 12.8 Å². The Morgan fingerprint density at radius 1 is 0.367 bits per heavy atom. The van der Waals surface area contributed by atoms with Crippen LogP contribution in [0, 0.1) is 0 Å². The van der Waals surface area contributed by atoms with Crippen LogP contribution < -0.4 is 0 Å². The Bertz CT molecular complexity index is 1480. The molecule has 0 saturated heterocycles. The van der Waals surface area contributed by atoms with Gasteiger partial charge in [-0.05, 0) is 77.8 Å². The number of aryl methyl sites for hydroxylation is 2. The van der Waals surface area contributed by atoms with E-state index in [1.54, 1.807) is 0 Å². The van der Waals surface area contributed by atoms with E-state index in [1.165, 1.54) is 65.0 Å². The van der Waals surface area contributed by atoms with Gasteiger partial charge in [-0.2, -0.15) is 0 Å². The van der Waals surface area contributed by atoms with Gasteiger partial charge in [0.1, 0.15) is 0 Å². The maximum absolute atomic E-state index is 2.37. The number of hydrogen-bond acceptors (Lipinski definition) is 0. The third-order valence-corrected chi connectivity index (χ3v) is 6.78. The third kappa shape index (κ3) is 2.47. The van der Waals surface area contributed by atoms with Crippen molar-refractivity contribution >= 4 is 53.9 Å². The predicted octanol–water partition coefficient (Wildman–Crippen LogP) is 8.58. The minimum Gasteiger partial charge on any atom is -0.0613 e. The van der Waals surface area contributed by atoms with E-state index in [0.29, 0.717) is 0 Å². The van der Waals surface area contributed by atoms with Gasteiger partial charge in [0, 0.05) is 0 Å². The van der Waals surface area contributed by atoms with Crippen molar-refractivity contribution in [2.24, 2.45) is 0 Å². The molecule has 0 N–H and O–H groups in total. The zero-order valence-corrected chi connectivity index (χ0v) is 17.5. The summed E-state index contributed by atoms with van der Waals surface area (Å²) in [5.74, 6) is 0. The molecule has 0 aliphatic rings. The molecule has 0 bridgehead atoms. The summed E-state index contributed by atoms with van der Waals surface area (Å²) >= 11 is 0. The molecule has 0 radical (unpaired) electrons. The quantitative estimate of drug-likeness (QED) is 0.262. The van der Waals surface area contributed by atoms with Crippen molar-refractivity contribution in [1.29, 1.82) is 0 Å². The normalized spacial score (nSPS) is 11.9. The first-order chi connectivity index (χ1) is 14.8. The Morgan fingerprint density at radius 3 is 1.03 bits per heavy atom. The van der Waals surface area contributed by atoms with Crippen LogP contribution in [-0.2, 0) is 12.8 Å². The summed E-state index contributed by atoms with van der Waals surface area (Å²) in [4.78, 5) is 0. The highest BCUT2D eigenvalue weighted by atomic mass is 14.1. The second kappa shape index (κ2) is 6.57. The molecule has 6 aromatic carbocycles. The molecular weight excluding hydrogens is 360 g/mol. The first-order valence-electron chi connectivity index (χ1n) is 11.0. The van der Waals surface area contributed by atoms with E-state index >= 15 is 0 Å². The molecule has 0 aliphatic heterocycles. The maximum Gasteiger partial charge on any atom is -0.00987 e. The topological polar surface area (TPSA) is 0 Å². The average molecular weight is 385 g/mol. The van der Waals surface area contributed by atoms with Crippen LogP contribution in [0.5, 0.6) is 0 Å². The van der Waals surface area contributed by atoms with E-state index in [4.69, 9.17) is 0 Å². The fraction of sp³-hybridized carbons (Fsp3) is 0.133. The third-order valence-electron chi connectivity index (χ3n) is 6.78. The highest BCUT2D eigenvalue weighted by Gasteiger charge is 2.10. The number of rotatable bonds is 2. The van der Waals surface area contributed by atoms with Gasteiger partial charge in [0.05, 0.1) is 0 Å². The Labute approximate surface area is 176 Å². The summed E-state index contributed by atoms with van der Waals surface area (Å²) in [5, 5.41) is 13.4. The number of hydrogen-bond donors (Lipinski definition) is 0. The van der Waals surface area contributed by atoms with Crippen LogP contribution in [0.25, 0.3) is 53.9 Å². The Hall–Kier alpha value is -3.38. The second-order valence-electron chi connectivity index (χ2n) is 8.37. The molecule has 0 fully saturated rings. The molecule has 144 valence electrons. The van der Waals surface area contributed by atoms with Crippen molar-refractivity contribution < 1.29 is 0 Å². The van der Waals surface area contributed by atoms with Crippen LogP contribution in [0.1, 0.15) is 25.0 Å². The molecule has 0 spiro atoms. The van der Waals surface area contributed by atoms with Crippen molar-refractivity contribution in [2.75, 3.05) is 0 Å². The lowest BCUT2D eigenvalue weighted by Crippen LogP contribution is -1.86. The van der Waals surface area contributed by atoms with Gasteiger partial charge in [0.15, 0.2) is 0 Å². The molecule has 0 heteroatoms. The Kier molecular flexibility index (Phi) is 3.83. The van der Waals surface area contributed by atoms with Crippen LogP contribution >= 0.6 is 0 Å². The van der Waals surface area contributed by atoms with E-state index in [1.807, 2.05) is 0 Å². The largest absolute Gasteiger partial charge is 0.0613 e. The average Bonchev–Trinajstić information content (AvgIpc) is 2.82. The lowest BCUT2D eigenvalue weighted by atomic mass is 9.91. The van der Waals surface area contributed by atoms with Crippen LogP contribution in [-0.4, -0.2) is 0 Å². The van der Waals surface area contributed by atoms with Gasteiger partial charge in [-0.1, -0.05) is 98.8 Å². The molecule has 0 aliphatic carbocycles. The monoisotopic (exact) mass is 384 g/mol. The molecule has 0 unspecified atom stereocenters. The molecule has 6 aromatic rings. The van der Waals surface area contributed by atoms with Crippen LogP contribution in [0.3, 0.4) is 0 Å². The van der Waals surface area contributed by atoms with E-state index in [9.17, 15) is 0 Å². The van der Waals surface area contributed by atoms with Crippen molar-refractivity contribution in [2.45, 2.75) is 26.7 Å². The molecule has 0 nitrogen and oxygen atoms in total. The summed E-state index contributed by atoms with van der Waals surface area (Å²) < 4.78 is 0. The van der Waals surface area contributed by atoms with Crippen molar-refractivity contribution in [3.8, 4) is 0 Å². The van der Waals surface area contributed by atoms with E-state index in [2.05, 4.69) is 98.8 Å². The molecule has 0 aromatic heterocycles. The first kappa shape index (κ1) is 17.5. The van der Waals surface area contributed by atoms with Crippen LogP contribution in [0.2, 0.25) is 0 Å². The summed E-state index contributed by atoms with van der Waals surface area (Å²) in [6.45, 7) is 4.45. The minimum atomic E-state index is 1.07. The summed E-state index contributed by atoms with van der Waals surface area (Å²) in [7, 11) is 0. The van der Waals surface area contributed by atoms with Crippen molar-refractivity contribution in [3.05, 3.63) is 96.1 Å². The summed E-state index contributed by atoms with van der Waals surface area (Å²) in [6.07, 6.45) is 2.13. The Balaban J connectivity index is 1.73. The molecule has 0 heterocycles. The summed E-state index contributed by atoms with van der Waals surface area (Å²) in [5.41, 5.74) is 2.79. The predicted molar refractivity (Wildman–Crippen MR) is 133 cm³/mol. The molecule has 0 atom stereocenters. The Morgan fingerprint density at radius 2 is 0.667 bits per heavy atom. The molecule has 6 rings (SSSR count). The zero-order valence-electron chi connectivity index (χ0n) is 17.5. The van der Waals surface area contributed by atoms with Crippen LogP contribution in [0.15, 0.2) is 84.9 Å². The molecule has 0 amide bonds. The standard InChI is InChI=1S/C30H24/c1-3-19-5-7-21-9-11-23-25-14-16-28-24(26(25)13-15-27(23)29(21)17-19)12-10-22-8-6-20(4-2)18-30(22)28/h5-18H,3-4H2,1-2H3. The van der Waals surface area contributed by atoms with Gasteiger partial charge in [0.2, 0.25) is 0 Å². The fourth-order valence-corrected chi connectivity index (χ4v) is 5.03. The van der Waals surface area contributed by atoms with E-state index in [-0.39, 0.29) is 0 Å². The molecular formula is C30H24. The van der Waals surface area contributed by atoms with Gasteiger partial charge in [-0.15, -0.1) is 0 Å². The van der Waals surface area contributed by atoms with Gasteiger partial charge >= 0.3 is 0 Å². The lowest BCUT2D eigenvalue weighted by Gasteiger charge is -2.12. The van der Waals surface area contributed by atoms with Gasteiger partial charge in [-0.3, -0.25) is 0 Å². The molecule has 30 heavy (non-hydrogen) atoms. The fourth-order valence-electron chi connectivity index (χ4n) is 5.03. The van der Waals surface area contributed by atoms with E-state index < -0.39 is 0 Å². The number of benzene rings is 6. The van der Waals surface area contributed by atoms with Gasteiger partial charge < -0.3 is 0 Å². The molecule has 0 saturated carbocycles. The highest BCUT2D eigenvalue weighted by Crippen LogP contribution is 2.37. The minimum absolute atomic E-state index is 1.07. The number of fused-ring (bicyclic) bond motifs is 9. The SMILES string of the molecule is CCc1ccc2ccc3c(ccc4c5ccc6ccc(CC)cc6c5ccc34)c2c1. The smallest absolute Gasteiger partial charge is 0.00987 e. The van der Waals surface area contributed by atoms with Gasteiger partial charge in [0.25, 0.3) is 0 Å². The van der Waals surface area contributed by atoms with Gasteiger partial charge in [-0.25, -0.2) is 0 Å².